The molecule has 2 N–H and O–H groups in total. The second-order valence-electron chi connectivity index (χ2n) is 5.74. The first kappa shape index (κ1) is 20.9. The molecule has 6 nitrogen and oxygen atoms in total. The lowest BCUT2D eigenvalue weighted by molar-refractivity contribution is 0.0602. The van der Waals surface area contributed by atoms with Gasteiger partial charge in [-0.2, -0.15) is 5.10 Å². The number of ether oxygens (including phenoxy) is 1. The van der Waals surface area contributed by atoms with Crippen LogP contribution in [0.5, 0.6) is 0 Å². The van der Waals surface area contributed by atoms with Crippen molar-refractivity contribution < 1.29 is 9.53 Å². The minimum absolute atomic E-state index is 0.360. The molecular formula is C17H23BrN4O2S2. The number of esters is 1. The fourth-order valence-electron chi connectivity index (χ4n) is 2.44. The van der Waals surface area contributed by atoms with Crippen molar-refractivity contribution in [3.8, 4) is 0 Å². The quantitative estimate of drug-likeness (QED) is 0.370. The number of aryl methyl sites for hydroxylation is 3. The van der Waals surface area contributed by atoms with Crippen LogP contribution in [-0.2, 0) is 17.7 Å². The van der Waals surface area contributed by atoms with Crippen LogP contribution in [-0.4, -0.2) is 34.5 Å². The molecule has 0 saturated carbocycles. The first-order chi connectivity index (χ1) is 12.4. The van der Waals surface area contributed by atoms with Crippen molar-refractivity contribution in [2.45, 2.75) is 40.2 Å². The number of hydrogen-bond donors (Lipinski definition) is 2. The minimum atomic E-state index is -0.360. The second kappa shape index (κ2) is 9.48. The summed E-state index contributed by atoms with van der Waals surface area (Å²) in [6.07, 6.45) is 1.74. The number of halogens is 1. The second-order valence-corrected chi connectivity index (χ2v) is 8.08. The summed E-state index contributed by atoms with van der Waals surface area (Å²) in [4.78, 5) is 13.0. The lowest BCUT2D eigenvalue weighted by Crippen LogP contribution is -2.30. The highest BCUT2D eigenvalue weighted by atomic mass is 79.9. The molecule has 0 spiro atoms. The number of nitrogens with zero attached hydrogens (tertiary/aromatic N) is 2. The SMILES string of the molecule is CCc1cc(C(=O)OC)c(NC(=S)NCCCn2nc(C)c(Br)c2C)s1. The first-order valence-corrected chi connectivity index (χ1v) is 10.3. The Labute approximate surface area is 171 Å². The van der Waals surface area contributed by atoms with Crippen LogP contribution < -0.4 is 10.6 Å². The van der Waals surface area contributed by atoms with Crippen LogP contribution in [0.1, 0.15) is 40.0 Å². The van der Waals surface area contributed by atoms with E-state index in [1.54, 1.807) is 0 Å². The largest absolute Gasteiger partial charge is 0.465 e. The van der Waals surface area contributed by atoms with E-state index in [0.717, 1.165) is 40.1 Å². The maximum Gasteiger partial charge on any atom is 0.340 e. The van der Waals surface area contributed by atoms with Crippen molar-refractivity contribution in [3.05, 3.63) is 32.4 Å². The van der Waals surface area contributed by atoms with Crippen molar-refractivity contribution in [3.63, 3.8) is 0 Å². The lowest BCUT2D eigenvalue weighted by atomic mass is 10.2. The normalized spacial score (nSPS) is 10.7. The summed E-state index contributed by atoms with van der Waals surface area (Å²) in [7, 11) is 1.38. The van der Waals surface area contributed by atoms with E-state index in [1.807, 2.05) is 31.5 Å². The fraction of sp³-hybridized carbons (Fsp3) is 0.471. The van der Waals surface area contributed by atoms with Gasteiger partial charge < -0.3 is 15.4 Å². The van der Waals surface area contributed by atoms with E-state index in [1.165, 1.54) is 18.4 Å². The Morgan fingerprint density at radius 3 is 2.77 bits per heavy atom. The number of nitrogens with one attached hydrogen (secondary N) is 2. The number of thiophene rings is 1. The molecule has 2 aromatic rings. The third-order valence-electron chi connectivity index (χ3n) is 3.89. The molecule has 0 unspecified atom stereocenters. The number of carbonyl (C=O) groups excluding carboxylic acids is 1. The van der Waals surface area contributed by atoms with Crippen LogP contribution in [0.25, 0.3) is 0 Å². The van der Waals surface area contributed by atoms with Gasteiger partial charge in [-0.15, -0.1) is 11.3 Å². The van der Waals surface area contributed by atoms with Gasteiger partial charge in [0.2, 0.25) is 0 Å². The molecule has 0 saturated heterocycles. The molecule has 0 aliphatic carbocycles. The molecule has 0 aliphatic rings. The molecule has 142 valence electrons. The van der Waals surface area contributed by atoms with Crippen LogP contribution in [0.3, 0.4) is 0 Å². The average Bonchev–Trinajstić information content (AvgIpc) is 3.14. The minimum Gasteiger partial charge on any atom is -0.465 e. The maximum absolute atomic E-state index is 11.9. The van der Waals surface area contributed by atoms with E-state index in [9.17, 15) is 4.79 Å². The molecule has 0 bridgehead atoms. The Bertz CT molecular complexity index is 801. The van der Waals surface area contributed by atoms with Crippen molar-refractivity contribution in [2.24, 2.45) is 0 Å². The zero-order chi connectivity index (χ0) is 19.3. The predicted octanol–water partition coefficient (Wildman–Crippen LogP) is 4.05. The zero-order valence-electron chi connectivity index (χ0n) is 15.3. The molecule has 2 heterocycles. The number of anilines is 1. The van der Waals surface area contributed by atoms with Crippen LogP contribution in [0.4, 0.5) is 5.00 Å². The molecule has 0 radical (unpaired) electrons. The van der Waals surface area contributed by atoms with E-state index in [-0.39, 0.29) is 5.97 Å². The third-order valence-corrected chi connectivity index (χ3v) is 6.48. The van der Waals surface area contributed by atoms with E-state index in [4.69, 9.17) is 17.0 Å². The number of aromatic nitrogens is 2. The summed E-state index contributed by atoms with van der Waals surface area (Å²) in [5.41, 5.74) is 2.63. The number of rotatable bonds is 7. The van der Waals surface area contributed by atoms with Crippen LogP contribution >= 0.6 is 39.5 Å². The van der Waals surface area contributed by atoms with Gasteiger partial charge in [0.15, 0.2) is 5.11 Å². The van der Waals surface area contributed by atoms with Gasteiger partial charge in [0.1, 0.15) is 5.00 Å². The Balaban J connectivity index is 1.86. The number of hydrogen-bond acceptors (Lipinski definition) is 5. The fourth-order valence-corrected chi connectivity index (χ4v) is 3.98. The zero-order valence-corrected chi connectivity index (χ0v) is 18.5. The molecule has 0 amide bonds. The molecular weight excluding hydrogens is 436 g/mol. The van der Waals surface area contributed by atoms with Gasteiger partial charge in [-0.05, 0) is 60.9 Å². The van der Waals surface area contributed by atoms with Crippen molar-refractivity contribution in [2.75, 3.05) is 19.0 Å². The summed E-state index contributed by atoms with van der Waals surface area (Å²) in [5, 5.41) is 12.0. The van der Waals surface area contributed by atoms with Crippen molar-refractivity contribution in [1.82, 2.24) is 15.1 Å². The Hall–Kier alpha value is -1.45. The summed E-state index contributed by atoms with van der Waals surface area (Å²) in [5.74, 6) is -0.360. The summed E-state index contributed by atoms with van der Waals surface area (Å²) < 4.78 is 7.88. The van der Waals surface area contributed by atoms with Gasteiger partial charge in [0.25, 0.3) is 0 Å². The molecule has 0 atom stereocenters. The van der Waals surface area contributed by atoms with Gasteiger partial charge >= 0.3 is 5.97 Å². The molecule has 9 heteroatoms. The Morgan fingerprint density at radius 1 is 1.46 bits per heavy atom. The summed E-state index contributed by atoms with van der Waals surface area (Å²) in [6.45, 7) is 7.59. The molecule has 0 aliphatic heterocycles. The summed E-state index contributed by atoms with van der Waals surface area (Å²) >= 11 is 10.4. The highest BCUT2D eigenvalue weighted by Crippen LogP contribution is 2.29. The molecule has 0 aromatic carbocycles. The third kappa shape index (κ3) is 5.05. The van der Waals surface area contributed by atoms with E-state index in [0.29, 0.717) is 22.2 Å². The highest BCUT2D eigenvalue weighted by molar-refractivity contribution is 9.10. The monoisotopic (exact) mass is 458 g/mol. The van der Waals surface area contributed by atoms with Crippen LogP contribution in [0.15, 0.2) is 10.5 Å². The van der Waals surface area contributed by atoms with E-state index in [2.05, 4.69) is 31.7 Å². The average molecular weight is 459 g/mol. The molecule has 2 aromatic heterocycles. The topological polar surface area (TPSA) is 68.2 Å². The van der Waals surface area contributed by atoms with Crippen LogP contribution in [0.2, 0.25) is 0 Å². The van der Waals surface area contributed by atoms with Gasteiger partial charge in [-0.3, -0.25) is 4.68 Å². The van der Waals surface area contributed by atoms with E-state index >= 15 is 0 Å². The number of methoxy groups -OCH3 is 1. The van der Waals surface area contributed by atoms with Gasteiger partial charge in [0, 0.05) is 23.7 Å². The van der Waals surface area contributed by atoms with Crippen LogP contribution in [0, 0.1) is 13.8 Å². The molecule has 26 heavy (non-hydrogen) atoms. The number of thiocarbonyl (C=S) groups is 1. The number of carbonyl (C=O) groups is 1. The predicted molar refractivity (Wildman–Crippen MR) is 113 cm³/mol. The van der Waals surface area contributed by atoms with Gasteiger partial charge in [0.05, 0.1) is 22.8 Å². The van der Waals surface area contributed by atoms with Gasteiger partial charge in [-0.25, -0.2) is 4.79 Å². The van der Waals surface area contributed by atoms with Gasteiger partial charge in [-0.1, -0.05) is 6.92 Å². The van der Waals surface area contributed by atoms with Crippen molar-refractivity contribution in [1.29, 1.82) is 0 Å². The summed E-state index contributed by atoms with van der Waals surface area (Å²) in [6, 6.07) is 1.85. The standard InChI is InChI=1S/C17H23BrN4O2S2/c1-5-12-9-13(16(23)24-4)15(26-12)20-17(25)19-7-6-8-22-11(3)14(18)10(2)21-22/h9H,5-8H2,1-4H3,(H2,19,20,25). The van der Waals surface area contributed by atoms with Crippen molar-refractivity contribution >= 4 is 55.6 Å². The Kier molecular flexibility index (Phi) is 7.60. The Morgan fingerprint density at radius 2 is 2.19 bits per heavy atom. The highest BCUT2D eigenvalue weighted by Gasteiger charge is 2.17. The maximum atomic E-state index is 11.9. The van der Waals surface area contributed by atoms with E-state index < -0.39 is 0 Å². The molecule has 2 rings (SSSR count). The first-order valence-electron chi connectivity index (χ1n) is 8.32. The molecule has 0 fully saturated rings. The smallest absolute Gasteiger partial charge is 0.340 e. The lowest BCUT2D eigenvalue weighted by Gasteiger charge is -2.11.